The summed E-state index contributed by atoms with van der Waals surface area (Å²) >= 11 is 0. The van der Waals surface area contributed by atoms with E-state index in [1.54, 1.807) is 30.7 Å². The van der Waals surface area contributed by atoms with E-state index < -0.39 is 12.0 Å². The Bertz CT molecular complexity index is 1170. The Morgan fingerprint density at radius 2 is 1.58 bits per heavy atom. The fourth-order valence-electron chi connectivity index (χ4n) is 3.55. The topological polar surface area (TPSA) is 147 Å². The van der Waals surface area contributed by atoms with Crippen LogP contribution in [0.2, 0.25) is 0 Å². The van der Waals surface area contributed by atoms with E-state index in [1.165, 1.54) is 0 Å². The van der Waals surface area contributed by atoms with Gasteiger partial charge < -0.3 is 25.8 Å². The number of rotatable bonds is 10. The summed E-state index contributed by atoms with van der Waals surface area (Å²) in [6, 6.07) is 20.3. The zero-order valence-corrected chi connectivity index (χ0v) is 22.4. The van der Waals surface area contributed by atoms with E-state index in [1.807, 2.05) is 74.5 Å². The summed E-state index contributed by atoms with van der Waals surface area (Å²) in [5.41, 5.74) is 7.52. The second-order valence-electron chi connectivity index (χ2n) is 8.10. The highest BCUT2D eigenvalue weighted by Gasteiger charge is 2.18. The van der Waals surface area contributed by atoms with Crippen LogP contribution in [0.3, 0.4) is 0 Å². The first-order valence-corrected chi connectivity index (χ1v) is 12.5. The summed E-state index contributed by atoms with van der Waals surface area (Å²) in [4.78, 5) is 37.1. The van der Waals surface area contributed by atoms with Gasteiger partial charge in [-0.2, -0.15) is 0 Å². The normalized spacial score (nSPS) is 11.3. The van der Waals surface area contributed by atoms with Crippen LogP contribution < -0.4 is 16.6 Å². The molecule has 204 valence electrons. The first-order valence-electron chi connectivity index (χ1n) is 12.5. The van der Waals surface area contributed by atoms with E-state index in [-0.39, 0.29) is 17.4 Å². The largest absolute Gasteiger partial charge is 0.507 e. The molecule has 1 heterocycles. The van der Waals surface area contributed by atoms with Gasteiger partial charge in [0.05, 0.1) is 17.4 Å². The molecule has 0 bridgehead atoms. The number of aromatic nitrogens is 1. The van der Waals surface area contributed by atoms with Crippen molar-refractivity contribution in [1.29, 1.82) is 0 Å². The lowest BCUT2D eigenvalue weighted by Gasteiger charge is -2.21. The number of benzene rings is 2. The lowest BCUT2D eigenvalue weighted by molar-refractivity contribution is -0.140. The number of aliphatic carboxylic acids is 1. The molecule has 0 spiro atoms. The van der Waals surface area contributed by atoms with Crippen molar-refractivity contribution in [3.63, 3.8) is 0 Å². The minimum Gasteiger partial charge on any atom is -0.507 e. The Labute approximate surface area is 223 Å². The van der Waals surface area contributed by atoms with Crippen LogP contribution in [-0.2, 0) is 9.59 Å². The fraction of sp³-hybridized carbons (Fsp3) is 0.310. The molecule has 1 atom stereocenters. The third kappa shape index (κ3) is 9.93. The number of hydrogen-bond donors (Lipinski definition) is 4. The van der Waals surface area contributed by atoms with Gasteiger partial charge in [0.2, 0.25) is 6.41 Å². The number of aromatic hydroxyl groups is 1. The third-order valence-corrected chi connectivity index (χ3v) is 5.42. The van der Waals surface area contributed by atoms with Crippen LogP contribution in [0, 0.1) is 6.92 Å². The Kier molecular flexibility index (Phi) is 14.3. The van der Waals surface area contributed by atoms with Crippen molar-refractivity contribution in [3.8, 4) is 5.75 Å². The molecule has 0 aliphatic rings. The van der Waals surface area contributed by atoms with Crippen molar-refractivity contribution in [2.75, 3.05) is 6.54 Å². The quantitative estimate of drug-likeness (QED) is 0.138. The number of nitrogens with two attached hydrogens (primary N) is 1. The van der Waals surface area contributed by atoms with Gasteiger partial charge in [-0.1, -0.05) is 74.5 Å². The van der Waals surface area contributed by atoms with Crippen LogP contribution in [-0.4, -0.2) is 45.6 Å². The molecule has 0 radical (unpaired) electrons. The van der Waals surface area contributed by atoms with Crippen LogP contribution >= 0.6 is 0 Å². The molecule has 3 aromatic rings. The molecule has 0 saturated carbocycles. The predicted octanol–water partition coefficient (Wildman–Crippen LogP) is 3.87. The summed E-state index contributed by atoms with van der Waals surface area (Å²) in [5, 5.41) is 20.6. The number of hydrogen-bond acceptors (Lipinski definition) is 5. The summed E-state index contributed by atoms with van der Waals surface area (Å²) in [6.45, 7) is 7.78. The van der Waals surface area contributed by atoms with Gasteiger partial charge >= 0.3 is 5.97 Å². The molecule has 0 saturated heterocycles. The van der Waals surface area contributed by atoms with E-state index in [0.29, 0.717) is 37.2 Å². The van der Waals surface area contributed by atoms with Crippen LogP contribution in [0.15, 0.2) is 82.7 Å². The maximum Gasteiger partial charge on any atom is 0.326 e. The van der Waals surface area contributed by atoms with Gasteiger partial charge in [-0.15, -0.1) is 0 Å². The molecule has 3 rings (SSSR count). The SMILES string of the molecule is CC.CC(N)=NCCCC(NC=O)C(=O)O.Cc1c(O)ccn(C(c2ccccc2)c2ccccc2)c1=O. The molecule has 38 heavy (non-hydrogen) atoms. The summed E-state index contributed by atoms with van der Waals surface area (Å²) in [5.74, 6) is -0.535. The number of aliphatic imine (C=N–C) groups is 1. The number of carbonyl (C=O) groups is 2. The number of nitrogens with zero attached hydrogens (tertiary/aromatic N) is 2. The van der Waals surface area contributed by atoms with Gasteiger partial charge in [0.25, 0.3) is 5.56 Å². The number of amidine groups is 1. The minimum atomic E-state index is -1.04. The van der Waals surface area contributed by atoms with Crippen molar-refractivity contribution in [2.24, 2.45) is 10.7 Å². The Balaban J connectivity index is 0.000000393. The van der Waals surface area contributed by atoms with Crippen LogP contribution in [0.1, 0.15) is 56.3 Å². The van der Waals surface area contributed by atoms with Gasteiger partial charge in [0.15, 0.2) is 0 Å². The summed E-state index contributed by atoms with van der Waals surface area (Å²) in [6.07, 6.45) is 2.96. The highest BCUT2D eigenvalue weighted by Crippen LogP contribution is 2.26. The molecule has 2 aromatic carbocycles. The predicted molar refractivity (Wildman–Crippen MR) is 151 cm³/mol. The van der Waals surface area contributed by atoms with E-state index in [4.69, 9.17) is 10.8 Å². The molecule has 0 fully saturated rings. The number of carbonyl (C=O) groups excluding carboxylic acids is 1. The van der Waals surface area contributed by atoms with Gasteiger partial charge in [0, 0.05) is 12.7 Å². The van der Waals surface area contributed by atoms with E-state index in [2.05, 4.69) is 10.3 Å². The summed E-state index contributed by atoms with van der Waals surface area (Å²) < 4.78 is 1.67. The second kappa shape index (κ2) is 17.1. The van der Waals surface area contributed by atoms with Crippen molar-refractivity contribution in [2.45, 2.75) is 52.6 Å². The molecule has 0 aliphatic heterocycles. The van der Waals surface area contributed by atoms with Crippen molar-refractivity contribution >= 4 is 18.2 Å². The monoisotopic (exact) mass is 522 g/mol. The smallest absolute Gasteiger partial charge is 0.326 e. The average molecular weight is 523 g/mol. The standard InChI is InChI=1S/C19H17NO2.C8H15N3O3.C2H6/c1-14-17(21)12-13-20(19(14)22)18(15-8-4-2-5-9-15)16-10-6-3-7-11-16;1-6(9)10-4-2-3-7(8(13)14)11-5-12;1-2/h2-13,18,21H,1H3;5,7H,2-4H2,1H3,(H2,9,10)(H,11,12)(H,13,14);1-2H3. The lowest BCUT2D eigenvalue weighted by atomic mass is 9.98. The molecule has 1 unspecified atom stereocenters. The highest BCUT2D eigenvalue weighted by molar-refractivity contribution is 5.77. The van der Waals surface area contributed by atoms with Crippen molar-refractivity contribution in [3.05, 3.63) is 100.0 Å². The van der Waals surface area contributed by atoms with Crippen LogP contribution in [0.5, 0.6) is 5.75 Å². The molecule has 1 aromatic heterocycles. The number of carboxylic acid groups (broad SMARTS) is 1. The molecule has 9 nitrogen and oxygen atoms in total. The Hall–Kier alpha value is -4.40. The molecular formula is C29H38N4O5. The highest BCUT2D eigenvalue weighted by atomic mass is 16.4. The number of carboxylic acids is 1. The first kappa shape index (κ1) is 31.6. The van der Waals surface area contributed by atoms with Crippen LogP contribution in [0.4, 0.5) is 0 Å². The molecule has 9 heteroatoms. The van der Waals surface area contributed by atoms with Crippen LogP contribution in [0.25, 0.3) is 0 Å². The van der Waals surface area contributed by atoms with Gasteiger partial charge in [-0.25, -0.2) is 4.79 Å². The van der Waals surface area contributed by atoms with Crippen molar-refractivity contribution < 1.29 is 19.8 Å². The fourth-order valence-corrected chi connectivity index (χ4v) is 3.55. The molecule has 5 N–H and O–H groups in total. The Morgan fingerprint density at radius 1 is 1.05 bits per heavy atom. The van der Waals surface area contributed by atoms with Gasteiger partial charge in [0.1, 0.15) is 11.8 Å². The number of pyridine rings is 1. The zero-order valence-electron chi connectivity index (χ0n) is 22.4. The number of nitrogens with one attached hydrogen (secondary N) is 1. The lowest BCUT2D eigenvalue weighted by Crippen LogP contribution is -2.35. The van der Waals surface area contributed by atoms with Gasteiger partial charge in [-0.05, 0) is 43.9 Å². The molecule has 1 amide bonds. The number of amides is 1. The van der Waals surface area contributed by atoms with Gasteiger partial charge in [-0.3, -0.25) is 14.6 Å². The second-order valence-corrected chi connectivity index (χ2v) is 8.10. The maximum atomic E-state index is 12.6. The minimum absolute atomic E-state index is 0.0288. The first-order chi connectivity index (χ1) is 18.3. The maximum absolute atomic E-state index is 12.6. The molecule has 0 aliphatic carbocycles. The zero-order chi connectivity index (χ0) is 28.5. The average Bonchev–Trinajstić information content (AvgIpc) is 2.93. The molecular weight excluding hydrogens is 484 g/mol. The van der Waals surface area contributed by atoms with Crippen molar-refractivity contribution in [1.82, 2.24) is 9.88 Å². The summed E-state index contributed by atoms with van der Waals surface area (Å²) in [7, 11) is 0. The van der Waals surface area contributed by atoms with E-state index in [9.17, 15) is 19.5 Å². The Morgan fingerprint density at radius 3 is 2.03 bits per heavy atom. The van der Waals surface area contributed by atoms with E-state index in [0.717, 1.165) is 11.1 Å². The van der Waals surface area contributed by atoms with E-state index >= 15 is 0 Å². The third-order valence-electron chi connectivity index (χ3n) is 5.42.